The molecule has 0 spiro atoms. The van der Waals surface area contributed by atoms with Gasteiger partial charge in [0, 0.05) is 33.4 Å². The van der Waals surface area contributed by atoms with E-state index in [0.29, 0.717) is 46.2 Å². The zero-order valence-electron chi connectivity index (χ0n) is 20.2. The molecule has 2 atom stereocenters. The molecular formula is C33H22O4. The highest BCUT2D eigenvalue weighted by atomic mass is 16.1. The van der Waals surface area contributed by atoms with Crippen molar-refractivity contribution < 1.29 is 19.2 Å². The fourth-order valence-corrected chi connectivity index (χ4v) is 6.10. The van der Waals surface area contributed by atoms with E-state index >= 15 is 0 Å². The van der Waals surface area contributed by atoms with Crippen molar-refractivity contribution in [1.82, 2.24) is 0 Å². The highest BCUT2D eigenvalue weighted by molar-refractivity contribution is 6.28. The lowest BCUT2D eigenvalue weighted by atomic mass is 9.71. The summed E-state index contributed by atoms with van der Waals surface area (Å²) in [6.45, 7) is 1.91. The summed E-state index contributed by atoms with van der Waals surface area (Å²) in [7, 11) is 0. The largest absolute Gasteiger partial charge is 0.293 e. The first-order valence-electron chi connectivity index (χ1n) is 12.6. The van der Waals surface area contributed by atoms with Gasteiger partial charge in [-0.3, -0.25) is 19.2 Å². The van der Waals surface area contributed by atoms with Gasteiger partial charge in [0.2, 0.25) is 0 Å². The molecule has 7 rings (SSSR count). The minimum absolute atomic E-state index is 0.0124. The molecule has 0 saturated heterocycles. The summed E-state index contributed by atoms with van der Waals surface area (Å²) in [5.41, 5.74) is 7.48. The second-order valence-corrected chi connectivity index (χ2v) is 10.3. The molecule has 3 aromatic carbocycles. The topological polar surface area (TPSA) is 68.3 Å². The Balaban J connectivity index is 1.32. The fourth-order valence-electron chi connectivity index (χ4n) is 6.10. The summed E-state index contributed by atoms with van der Waals surface area (Å²) in [6, 6.07) is 12.8. The molecule has 0 aromatic heterocycles. The predicted octanol–water partition coefficient (Wildman–Crippen LogP) is 5.78. The molecule has 4 nitrogen and oxygen atoms in total. The number of allylic oxidation sites excluding steroid dienone is 4. The maximum absolute atomic E-state index is 13.3. The average molecular weight is 483 g/mol. The highest BCUT2D eigenvalue weighted by Gasteiger charge is 2.40. The molecule has 37 heavy (non-hydrogen) atoms. The number of ketones is 4. The van der Waals surface area contributed by atoms with Crippen LogP contribution in [0.1, 0.15) is 80.4 Å². The highest BCUT2D eigenvalue weighted by Crippen LogP contribution is 2.37. The van der Waals surface area contributed by atoms with Crippen LogP contribution in [0.4, 0.5) is 0 Å². The third-order valence-electron chi connectivity index (χ3n) is 8.09. The molecule has 0 saturated carbocycles. The molecule has 4 aliphatic rings. The van der Waals surface area contributed by atoms with Crippen LogP contribution in [0, 0.1) is 18.8 Å². The van der Waals surface area contributed by atoms with E-state index < -0.39 is 11.8 Å². The summed E-state index contributed by atoms with van der Waals surface area (Å²) in [5.74, 6) is -1.17. The van der Waals surface area contributed by atoms with Gasteiger partial charge in [0.1, 0.15) is 0 Å². The normalized spacial score (nSPS) is 21.6. The van der Waals surface area contributed by atoms with Crippen molar-refractivity contribution in [3.05, 3.63) is 128 Å². The molecule has 178 valence electrons. The van der Waals surface area contributed by atoms with Crippen LogP contribution in [0.3, 0.4) is 0 Å². The van der Waals surface area contributed by atoms with Crippen molar-refractivity contribution in [2.24, 2.45) is 11.8 Å². The first-order chi connectivity index (χ1) is 17.9. The van der Waals surface area contributed by atoms with Crippen molar-refractivity contribution in [3.63, 3.8) is 0 Å². The van der Waals surface area contributed by atoms with E-state index in [1.54, 1.807) is 12.1 Å². The molecule has 0 heterocycles. The van der Waals surface area contributed by atoms with Gasteiger partial charge < -0.3 is 0 Å². The second-order valence-electron chi connectivity index (χ2n) is 10.3. The van der Waals surface area contributed by atoms with Gasteiger partial charge in [-0.05, 0) is 72.4 Å². The second kappa shape index (κ2) is 7.78. The summed E-state index contributed by atoms with van der Waals surface area (Å²) in [6.07, 6.45) is 12.5. The number of aryl methyl sites for hydroxylation is 3. The first-order valence-corrected chi connectivity index (χ1v) is 12.6. The fraction of sp³-hybridized carbons (Fsp3) is 0.152. The van der Waals surface area contributed by atoms with Crippen molar-refractivity contribution in [2.75, 3.05) is 0 Å². The molecule has 0 amide bonds. The van der Waals surface area contributed by atoms with Gasteiger partial charge in [-0.25, -0.2) is 0 Å². The molecular weight excluding hydrogens is 460 g/mol. The zero-order valence-corrected chi connectivity index (χ0v) is 20.2. The third kappa shape index (κ3) is 3.15. The maximum Gasteiger partial charge on any atom is 0.194 e. The van der Waals surface area contributed by atoms with Gasteiger partial charge >= 0.3 is 0 Å². The van der Waals surface area contributed by atoms with Crippen LogP contribution in [0.5, 0.6) is 0 Å². The van der Waals surface area contributed by atoms with Crippen molar-refractivity contribution in [3.8, 4) is 0 Å². The van der Waals surface area contributed by atoms with Crippen molar-refractivity contribution >= 4 is 35.3 Å². The van der Waals surface area contributed by atoms with Gasteiger partial charge in [0.05, 0.1) is 11.8 Å². The quantitative estimate of drug-likeness (QED) is 0.319. The summed E-state index contributed by atoms with van der Waals surface area (Å²) in [4.78, 5) is 53.1. The lowest BCUT2D eigenvalue weighted by Gasteiger charge is -2.29. The van der Waals surface area contributed by atoms with E-state index in [-0.39, 0.29) is 23.1 Å². The van der Waals surface area contributed by atoms with Gasteiger partial charge in [0.25, 0.3) is 0 Å². The van der Waals surface area contributed by atoms with E-state index in [1.165, 1.54) is 0 Å². The molecule has 0 fully saturated rings. The van der Waals surface area contributed by atoms with Gasteiger partial charge in [-0.2, -0.15) is 0 Å². The first kappa shape index (κ1) is 21.8. The maximum atomic E-state index is 13.3. The Kier molecular flexibility index (Phi) is 4.58. The van der Waals surface area contributed by atoms with Crippen LogP contribution in [0.2, 0.25) is 0 Å². The number of benzene rings is 3. The SMILES string of the molecule is Cc1ccc2c(c1)C(=O)c1cc3c(cc1C2=O)/C=C\c1cc2c(cc1CC3)C(=O)C1C=CC=CC1C2=O. The average Bonchev–Trinajstić information content (AvgIpc) is 2.90. The molecule has 4 heteroatoms. The van der Waals surface area contributed by atoms with Crippen LogP contribution in [-0.2, 0) is 12.8 Å². The summed E-state index contributed by atoms with van der Waals surface area (Å²) in [5, 5.41) is 0. The monoisotopic (exact) mass is 482 g/mol. The van der Waals surface area contributed by atoms with Gasteiger partial charge in [-0.15, -0.1) is 0 Å². The number of carbonyl (C=O) groups excluding carboxylic acids is 4. The molecule has 3 aromatic rings. The number of Topliss-reactive ketones (excluding diaryl/α,β-unsaturated/α-hetero) is 2. The number of fused-ring (bicyclic) bond motifs is 6. The molecule has 0 radical (unpaired) electrons. The minimum Gasteiger partial charge on any atom is -0.293 e. The van der Waals surface area contributed by atoms with E-state index in [9.17, 15) is 19.2 Å². The van der Waals surface area contributed by atoms with Crippen molar-refractivity contribution in [1.29, 1.82) is 0 Å². The summed E-state index contributed by atoms with van der Waals surface area (Å²) < 4.78 is 0. The zero-order chi connectivity index (χ0) is 25.4. The number of hydrogen-bond acceptors (Lipinski definition) is 4. The Hall–Kier alpha value is -4.44. The lowest BCUT2D eigenvalue weighted by molar-refractivity contribution is 0.0801. The Morgan fingerprint density at radius 1 is 0.568 bits per heavy atom. The number of rotatable bonds is 0. The van der Waals surface area contributed by atoms with E-state index in [4.69, 9.17) is 0 Å². The molecule has 0 N–H and O–H groups in total. The van der Waals surface area contributed by atoms with E-state index in [1.807, 2.05) is 73.7 Å². The van der Waals surface area contributed by atoms with Crippen LogP contribution in [-0.4, -0.2) is 23.1 Å². The Labute approximate surface area is 214 Å². The van der Waals surface area contributed by atoms with Crippen molar-refractivity contribution in [2.45, 2.75) is 19.8 Å². The molecule has 0 bridgehead atoms. The Bertz CT molecular complexity index is 1710. The number of hydrogen-bond donors (Lipinski definition) is 0. The molecule has 4 aliphatic carbocycles. The van der Waals surface area contributed by atoms with E-state index in [0.717, 1.165) is 27.8 Å². The predicted molar refractivity (Wildman–Crippen MR) is 141 cm³/mol. The van der Waals surface area contributed by atoms with Gasteiger partial charge in [-0.1, -0.05) is 54.2 Å². The lowest BCUT2D eigenvalue weighted by Crippen LogP contribution is -2.35. The molecule has 2 unspecified atom stereocenters. The van der Waals surface area contributed by atoms with Gasteiger partial charge in [0.15, 0.2) is 23.1 Å². The van der Waals surface area contributed by atoms with E-state index in [2.05, 4.69) is 0 Å². The van der Waals surface area contributed by atoms with Crippen LogP contribution < -0.4 is 0 Å². The smallest absolute Gasteiger partial charge is 0.194 e. The van der Waals surface area contributed by atoms with Crippen LogP contribution in [0.15, 0.2) is 66.8 Å². The Morgan fingerprint density at radius 2 is 1.05 bits per heavy atom. The number of carbonyl (C=O) groups is 4. The minimum atomic E-state index is -0.442. The standard InChI is InChI=1S/C33H22O4/c1-17-6-11-24-25(12-17)33(37)29-16-21-10-9-19-14-27-26(30(34)22-4-2-3-5-23(22)31(27)35)13-18(19)7-8-20(21)15-28(29)32(24)36/h2-8,11-16,22-23H,9-10H2,1H3/b8-7-. The Morgan fingerprint density at radius 3 is 1.70 bits per heavy atom. The summed E-state index contributed by atoms with van der Waals surface area (Å²) >= 11 is 0. The third-order valence-corrected chi connectivity index (χ3v) is 8.09. The van der Waals surface area contributed by atoms with Crippen LogP contribution >= 0.6 is 0 Å². The van der Waals surface area contributed by atoms with Crippen LogP contribution in [0.25, 0.3) is 12.2 Å². The molecule has 0 aliphatic heterocycles.